The Kier molecular flexibility index (Phi) is 5.68. The van der Waals surface area contributed by atoms with Gasteiger partial charge in [-0.3, -0.25) is 19.2 Å². The van der Waals surface area contributed by atoms with Crippen LogP contribution in [0, 0.1) is 0 Å². The molecule has 0 N–H and O–H groups in total. The average molecular weight is 462 g/mol. The fraction of sp³-hybridized carbons (Fsp3) is 0.714. The second-order valence-electron chi connectivity index (χ2n) is 4.57. The van der Waals surface area contributed by atoms with Crippen LogP contribution in [-0.2, 0) is 42.9 Å². The van der Waals surface area contributed by atoms with Crippen LogP contribution in [-0.4, -0.2) is 59.0 Å². The van der Waals surface area contributed by atoms with Gasteiger partial charge in [-0.2, -0.15) is 0 Å². The van der Waals surface area contributed by atoms with Gasteiger partial charge in [0.2, 0.25) is 0 Å². The third-order valence-electron chi connectivity index (χ3n) is 2.79. The number of carbonyl (C=O) groups excluding carboxylic acids is 4. The van der Waals surface area contributed by atoms with Crippen LogP contribution >= 0.6 is 22.6 Å². The molecule has 9 nitrogen and oxygen atoms in total. The first-order chi connectivity index (χ1) is 13.3. The molecule has 1 aliphatic rings. The Morgan fingerprint density at radius 1 is 0.875 bits per heavy atom. The van der Waals surface area contributed by atoms with E-state index in [0.29, 0.717) is 0 Å². The molecule has 0 radical (unpaired) electrons. The quantitative estimate of drug-likeness (QED) is 0.250. The van der Waals surface area contributed by atoms with Crippen molar-refractivity contribution in [1.29, 1.82) is 0 Å². The first-order valence-electron chi connectivity index (χ1n) is 9.30. The van der Waals surface area contributed by atoms with E-state index in [4.69, 9.17) is 29.2 Å². The minimum Gasteiger partial charge on any atom is -0.463 e. The topological polar surface area (TPSA) is 114 Å². The van der Waals surface area contributed by atoms with Crippen molar-refractivity contribution in [3.05, 3.63) is 0 Å². The van der Waals surface area contributed by atoms with Crippen molar-refractivity contribution in [2.75, 3.05) is 6.61 Å². The molecule has 1 unspecified atom stereocenters. The average Bonchev–Trinajstić information content (AvgIpc) is 2.69. The van der Waals surface area contributed by atoms with Crippen molar-refractivity contribution in [2.45, 2.75) is 56.1 Å². The highest BCUT2D eigenvalue weighted by Gasteiger charge is 2.51. The van der Waals surface area contributed by atoms with Gasteiger partial charge in [0.05, 0.1) is 0 Å². The predicted octanol–water partition coefficient (Wildman–Crippen LogP) is 0.504. The summed E-state index contributed by atoms with van der Waals surface area (Å²) in [5.41, 5.74) is 0. The van der Waals surface area contributed by atoms with Gasteiger partial charge in [-0.25, -0.2) is 0 Å². The number of hydrogen-bond acceptors (Lipinski definition) is 9. The Balaban J connectivity index is 3.17. The van der Waals surface area contributed by atoms with E-state index in [-0.39, 0.29) is 0 Å². The Labute approximate surface area is 158 Å². The van der Waals surface area contributed by atoms with E-state index in [1.54, 1.807) is 22.6 Å². The lowest BCUT2D eigenvalue weighted by Gasteiger charge is -2.42. The molecule has 1 aliphatic heterocycles. The molecule has 0 bridgehead atoms. The van der Waals surface area contributed by atoms with Gasteiger partial charge in [-0.05, 0) is 22.6 Å². The molecule has 24 heavy (non-hydrogen) atoms. The summed E-state index contributed by atoms with van der Waals surface area (Å²) >= 11 is 1.72. The van der Waals surface area contributed by atoms with E-state index >= 15 is 0 Å². The number of esters is 4. The van der Waals surface area contributed by atoms with Gasteiger partial charge < -0.3 is 23.7 Å². The van der Waals surface area contributed by atoms with E-state index in [1.807, 2.05) is 0 Å². The Bertz CT molecular complexity index is 579. The molecule has 1 heterocycles. The van der Waals surface area contributed by atoms with Crippen molar-refractivity contribution in [2.24, 2.45) is 0 Å². The standard InChI is InChI=1S/C14H19IO9/c1-6(16)20-5-10-11(21-7(2)17)12(22-8(3)18)13(14(15)24-10)23-9(4)19/h10-14H,5H2,1-4H3/t10-,11-,12+,13-,14?/m1/s1/i1D,2D,3D,4D. The van der Waals surface area contributed by atoms with Gasteiger partial charge in [0.1, 0.15) is 16.8 Å². The van der Waals surface area contributed by atoms with Gasteiger partial charge in [0, 0.05) is 33.1 Å². The number of hydrogen-bond donors (Lipinski definition) is 0. The fourth-order valence-electron chi connectivity index (χ4n) is 2.03. The van der Waals surface area contributed by atoms with Gasteiger partial charge >= 0.3 is 23.9 Å². The smallest absolute Gasteiger partial charge is 0.303 e. The summed E-state index contributed by atoms with van der Waals surface area (Å²) in [6, 6.07) is 0. The van der Waals surface area contributed by atoms with Crippen LogP contribution in [0.3, 0.4) is 0 Å². The molecule has 136 valence electrons. The van der Waals surface area contributed by atoms with Gasteiger partial charge in [0.25, 0.3) is 0 Å². The zero-order valence-corrected chi connectivity index (χ0v) is 14.6. The molecule has 0 aromatic heterocycles. The largest absolute Gasteiger partial charge is 0.463 e. The number of ether oxygens (including phenoxy) is 5. The molecule has 0 aliphatic carbocycles. The van der Waals surface area contributed by atoms with E-state index in [0.717, 1.165) is 0 Å². The molecule has 0 spiro atoms. The summed E-state index contributed by atoms with van der Waals surface area (Å²) in [6.45, 7) is -3.36. The van der Waals surface area contributed by atoms with Crippen LogP contribution in [0.2, 0.25) is 0 Å². The van der Waals surface area contributed by atoms with Crippen molar-refractivity contribution >= 4 is 46.5 Å². The molecule has 0 aromatic rings. The van der Waals surface area contributed by atoms with E-state index < -0.39 is 86.6 Å². The number of halogens is 1. The monoisotopic (exact) mass is 462 g/mol. The Morgan fingerprint density at radius 3 is 1.92 bits per heavy atom. The summed E-state index contributed by atoms with van der Waals surface area (Å²) in [6.07, 6.45) is -5.26. The number of alkyl halides is 1. The highest BCUT2D eigenvalue weighted by atomic mass is 127. The second kappa shape index (κ2) is 9.16. The highest BCUT2D eigenvalue weighted by Crippen LogP contribution is 2.31. The molecule has 10 heteroatoms. The van der Waals surface area contributed by atoms with Crippen molar-refractivity contribution in [3.63, 3.8) is 0 Å². The molecule has 1 rings (SSSR count). The molecular formula is C14H19IO9. The van der Waals surface area contributed by atoms with Crippen LogP contribution in [0.4, 0.5) is 0 Å². The zero-order chi connectivity index (χ0) is 21.3. The van der Waals surface area contributed by atoms with Crippen LogP contribution in [0.25, 0.3) is 0 Å². The minimum absolute atomic E-state index is 0.457. The number of carbonyl (C=O) groups is 4. The lowest BCUT2D eigenvalue weighted by molar-refractivity contribution is -0.234. The first-order valence-corrected chi connectivity index (χ1v) is 7.72. The van der Waals surface area contributed by atoms with Crippen LogP contribution in [0.1, 0.15) is 33.1 Å². The second-order valence-corrected chi connectivity index (χ2v) is 5.80. The van der Waals surface area contributed by atoms with E-state index in [9.17, 15) is 19.2 Å². The maximum Gasteiger partial charge on any atom is 0.303 e. The first kappa shape index (κ1) is 14.9. The van der Waals surface area contributed by atoms with Crippen LogP contribution < -0.4 is 0 Å². The molecule has 1 saturated heterocycles. The van der Waals surface area contributed by atoms with Gasteiger partial charge in [-0.15, -0.1) is 0 Å². The summed E-state index contributed by atoms with van der Waals surface area (Å²) in [5.74, 6) is -3.83. The van der Waals surface area contributed by atoms with Crippen LogP contribution in [0.15, 0.2) is 0 Å². The van der Waals surface area contributed by atoms with Crippen molar-refractivity contribution in [3.8, 4) is 0 Å². The lowest BCUT2D eigenvalue weighted by atomic mass is 9.99. The fourth-order valence-corrected chi connectivity index (χ4v) is 2.96. The molecule has 0 amide bonds. The third-order valence-corrected chi connectivity index (χ3v) is 3.79. The summed E-state index contributed by atoms with van der Waals surface area (Å²) in [5, 5.41) is 0. The summed E-state index contributed by atoms with van der Waals surface area (Å²) in [4.78, 5) is 46.2. The Morgan fingerprint density at radius 2 is 1.38 bits per heavy atom. The third kappa shape index (κ3) is 6.23. The summed E-state index contributed by atoms with van der Waals surface area (Å²) in [7, 11) is 0. The maximum atomic E-state index is 11.7. The van der Waals surface area contributed by atoms with Crippen molar-refractivity contribution < 1.29 is 48.3 Å². The lowest BCUT2D eigenvalue weighted by Crippen LogP contribution is -2.60. The van der Waals surface area contributed by atoms with Gasteiger partial charge in [0.15, 0.2) is 18.3 Å². The normalized spacial score (nSPS) is 31.5. The van der Waals surface area contributed by atoms with Crippen LogP contribution in [0.5, 0.6) is 0 Å². The molecule has 5 atom stereocenters. The highest BCUT2D eigenvalue weighted by molar-refractivity contribution is 14.1. The predicted molar refractivity (Wildman–Crippen MR) is 86.0 cm³/mol. The molecule has 0 saturated carbocycles. The molecule has 0 aromatic carbocycles. The van der Waals surface area contributed by atoms with E-state index in [1.165, 1.54) is 0 Å². The SMILES string of the molecule is [2H]CC(=O)OC[C@H]1OC(I)[C@H](OC(=O)C[2H])[C@@H](OC(=O)C[2H])[C@@H]1OC(=O)C[2H]. The van der Waals surface area contributed by atoms with Gasteiger partial charge in [-0.1, -0.05) is 0 Å². The Hall–Kier alpha value is -1.43. The minimum atomic E-state index is -1.42. The summed E-state index contributed by atoms with van der Waals surface area (Å²) < 4.78 is 53.0. The molecule has 1 fully saturated rings. The maximum absolute atomic E-state index is 11.7. The van der Waals surface area contributed by atoms with E-state index in [2.05, 4.69) is 0 Å². The zero-order valence-electron chi connectivity index (χ0n) is 16.5. The number of rotatable bonds is 5. The molecular weight excluding hydrogens is 439 g/mol. The van der Waals surface area contributed by atoms with Crippen molar-refractivity contribution in [1.82, 2.24) is 0 Å².